The van der Waals surface area contributed by atoms with Gasteiger partial charge in [-0.1, -0.05) is 46.3 Å². The maximum atomic E-state index is 13.0. The van der Waals surface area contributed by atoms with Gasteiger partial charge in [0.05, 0.1) is 10.6 Å². The minimum Gasteiger partial charge on any atom is -0.323 e. The Bertz CT molecular complexity index is 1220. The zero-order valence-electron chi connectivity index (χ0n) is 16.0. The normalized spacial score (nSPS) is 13.4. The summed E-state index contributed by atoms with van der Waals surface area (Å²) in [6, 6.07) is 21.4. The number of carbonyl (C=O) groups excluding carboxylic acids is 1. The molecule has 1 aliphatic heterocycles. The van der Waals surface area contributed by atoms with E-state index in [9.17, 15) is 13.2 Å². The summed E-state index contributed by atoms with van der Waals surface area (Å²) in [5, 5.41) is 2.74. The van der Waals surface area contributed by atoms with E-state index in [-0.39, 0.29) is 10.8 Å². The molecule has 0 bridgehead atoms. The molecule has 0 fully saturated rings. The third-order valence-electron chi connectivity index (χ3n) is 4.83. The van der Waals surface area contributed by atoms with Crippen LogP contribution in [-0.2, 0) is 21.2 Å². The number of rotatable bonds is 5. The third kappa shape index (κ3) is 4.32. The summed E-state index contributed by atoms with van der Waals surface area (Å²) < 4.78 is 28.5. The standard InChI is InChI=1S/C23H19BrN2O3S/c24-19-6-3-4-17(16-19)8-13-23(27)25-20-9-11-21(12-10-20)30(28,29)26-15-14-18-5-1-2-7-22(18)26/h1-13,16H,14-15H2,(H,25,27)/b13-8+. The largest absolute Gasteiger partial charge is 0.323 e. The van der Waals surface area contributed by atoms with Gasteiger partial charge >= 0.3 is 0 Å². The van der Waals surface area contributed by atoms with Crippen molar-refractivity contribution >= 4 is 49.3 Å². The topological polar surface area (TPSA) is 66.5 Å². The van der Waals surface area contributed by atoms with E-state index in [4.69, 9.17) is 0 Å². The van der Waals surface area contributed by atoms with Crippen LogP contribution in [0, 0.1) is 0 Å². The molecule has 1 N–H and O–H groups in total. The molecule has 30 heavy (non-hydrogen) atoms. The van der Waals surface area contributed by atoms with Crippen molar-refractivity contribution in [2.45, 2.75) is 11.3 Å². The fourth-order valence-electron chi connectivity index (χ4n) is 3.36. The van der Waals surface area contributed by atoms with E-state index in [0.29, 0.717) is 18.7 Å². The molecule has 0 unspecified atom stereocenters. The van der Waals surface area contributed by atoms with Gasteiger partial charge in [0.15, 0.2) is 0 Å². The lowest BCUT2D eigenvalue weighted by molar-refractivity contribution is -0.111. The lowest BCUT2D eigenvalue weighted by Gasteiger charge is -2.19. The van der Waals surface area contributed by atoms with Gasteiger partial charge in [-0.25, -0.2) is 8.42 Å². The zero-order valence-corrected chi connectivity index (χ0v) is 18.4. The first kappa shape index (κ1) is 20.4. The minimum atomic E-state index is -3.65. The van der Waals surface area contributed by atoms with E-state index in [1.807, 2.05) is 48.5 Å². The number of carbonyl (C=O) groups is 1. The van der Waals surface area contributed by atoms with Crippen LogP contribution in [0.5, 0.6) is 0 Å². The van der Waals surface area contributed by atoms with Gasteiger partial charge < -0.3 is 5.32 Å². The monoisotopic (exact) mass is 482 g/mol. The summed E-state index contributed by atoms with van der Waals surface area (Å²) in [6.45, 7) is 0.431. The van der Waals surface area contributed by atoms with Crippen LogP contribution in [0.25, 0.3) is 6.08 Å². The Balaban J connectivity index is 1.46. The van der Waals surface area contributed by atoms with Crippen molar-refractivity contribution in [2.75, 3.05) is 16.2 Å². The fourth-order valence-corrected chi connectivity index (χ4v) is 5.28. The Labute approximate surface area is 184 Å². The second-order valence-electron chi connectivity index (χ2n) is 6.86. The van der Waals surface area contributed by atoms with Crippen LogP contribution in [0.2, 0.25) is 0 Å². The van der Waals surface area contributed by atoms with E-state index in [1.54, 1.807) is 18.2 Å². The van der Waals surface area contributed by atoms with Gasteiger partial charge in [0.25, 0.3) is 10.0 Å². The van der Waals surface area contributed by atoms with Crippen LogP contribution in [0.1, 0.15) is 11.1 Å². The van der Waals surface area contributed by atoms with Gasteiger partial charge in [0.2, 0.25) is 5.91 Å². The summed E-state index contributed by atoms with van der Waals surface area (Å²) in [4.78, 5) is 12.4. The highest BCUT2D eigenvalue weighted by Gasteiger charge is 2.30. The molecule has 7 heteroatoms. The van der Waals surface area contributed by atoms with Crippen LogP contribution in [-0.4, -0.2) is 20.9 Å². The molecule has 0 atom stereocenters. The number of para-hydroxylation sites is 1. The molecule has 5 nitrogen and oxygen atoms in total. The van der Waals surface area contributed by atoms with Gasteiger partial charge in [0.1, 0.15) is 0 Å². The summed E-state index contributed by atoms with van der Waals surface area (Å²) in [5.74, 6) is -0.293. The Hall–Kier alpha value is -2.90. The van der Waals surface area contributed by atoms with Crippen molar-refractivity contribution in [1.29, 1.82) is 0 Å². The second-order valence-corrected chi connectivity index (χ2v) is 9.64. The Morgan fingerprint density at radius 1 is 1.00 bits per heavy atom. The molecule has 0 aromatic heterocycles. The molecule has 0 radical (unpaired) electrons. The number of hydrogen-bond donors (Lipinski definition) is 1. The molecule has 1 aliphatic rings. The Kier molecular flexibility index (Phi) is 5.74. The van der Waals surface area contributed by atoms with Crippen LogP contribution >= 0.6 is 15.9 Å². The summed E-state index contributed by atoms with van der Waals surface area (Å²) >= 11 is 3.39. The molecule has 4 rings (SSSR count). The quantitative estimate of drug-likeness (QED) is 0.528. The molecule has 3 aromatic rings. The molecular formula is C23H19BrN2O3S. The highest BCUT2D eigenvalue weighted by Crippen LogP contribution is 2.32. The van der Waals surface area contributed by atoms with E-state index in [2.05, 4.69) is 21.2 Å². The number of nitrogens with zero attached hydrogens (tertiary/aromatic N) is 1. The van der Waals surface area contributed by atoms with Crippen molar-refractivity contribution in [3.05, 3.63) is 94.5 Å². The predicted octanol–water partition coefficient (Wildman–Crippen LogP) is 4.85. The maximum Gasteiger partial charge on any atom is 0.264 e. The minimum absolute atomic E-state index is 0.196. The average Bonchev–Trinajstić information content (AvgIpc) is 3.18. The molecule has 0 spiro atoms. The van der Waals surface area contributed by atoms with E-state index in [1.165, 1.54) is 22.5 Å². The number of anilines is 2. The van der Waals surface area contributed by atoms with Crippen LogP contribution in [0.4, 0.5) is 11.4 Å². The van der Waals surface area contributed by atoms with E-state index in [0.717, 1.165) is 21.3 Å². The van der Waals surface area contributed by atoms with Gasteiger partial charge in [0, 0.05) is 22.8 Å². The first-order chi connectivity index (χ1) is 14.4. The molecular weight excluding hydrogens is 464 g/mol. The second kappa shape index (κ2) is 8.45. The molecule has 0 saturated heterocycles. The number of benzene rings is 3. The lowest BCUT2D eigenvalue weighted by atomic mass is 10.2. The number of halogens is 1. The Morgan fingerprint density at radius 3 is 2.53 bits per heavy atom. The lowest BCUT2D eigenvalue weighted by Crippen LogP contribution is -2.29. The van der Waals surface area contributed by atoms with Crippen molar-refractivity contribution in [3.63, 3.8) is 0 Å². The van der Waals surface area contributed by atoms with Gasteiger partial charge in [-0.15, -0.1) is 0 Å². The summed E-state index contributed by atoms with van der Waals surface area (Å²) in [6.07, 6.45) is 3.85. The van der Waals surface area contributed by atoms with Crippen LogP contribution < -0.4 is 9.62 Å². The van der Waals surface area contributed by atoms with Gasteiger partial charge in [-0.2, -0.15) is 0 Å². The number of nitrogens with one attached hydrogen (secondary N) is 1. The predicted molar refractivity (Wildman–Crippen MR) is 123 cm³/mol. The maximum absolute atomic E-state index is 13.0. The van der Waals surface area contributed by atoms with Crippen molar-refractivity contribution < 1.29 is 13.2 Å². The SMILES string of the molecule is O=C(/C=C/c1cccc(Br)c1)Nc1ccc(S(=O)(=O)N2CCc3ccccc32)cc1. The van der Waals surface area contributed by atoms with Crippen molar-refractivity contribution in [3.8, 4) is 0 Å². The fraction of sp³-hybridized carbons (Fsp3) is 0.0870. The van der Waals surface area contributed by atoms with Gasteiger partial charge in [-0.3, -0.25) is 9.10 Å². The number of amides is 1. The van der Waals surface area contributed by atoms with Crippen molar-refractivity contribution in [1.82, 2.24) is 0 Å². The molecule has 0 saturated carbocycles. The molecule has 0 aliphatic carbocycles. The first-order valence-electron chi connectivity index (χ1n) is 9.39. The molecule has 1 heterocycles. The van der Waals surface area contributed by atoms with Crippen LogP contribution in [0.3, 0.4) is 0 Å². The molecule has 3 aromatic carbocycles. The summed E-state index contributed by atoms with van der Waals surface area (Å²) in [5.41, 5.74) is 3.18. The zero-order chi connectivity index (χ0) is 21.1. The highest BCUT2D eigenvalue weighted by atomic mass is 79.9. The van der Waals surface area contributed by atoms with Crippen LogP contribution in [0.15, 0.2) is 88.2 Å². The third-order valence-corrected chi connectivity index (χ3v) is 7.15. The Morgan fingerprint density at radius 2 is 1.77 bits per heavy atom. The van der Waals surface area contributed by atoms with E-state index < -0.39 is 10.0 Å². The number of hydrogen-bond acceptors (Lipinski definition) is 3. The highest BCUT2D eigenvalue weighted by molar-refractivity contribution is 9.10. The molecule has 1 amide bonds. The first-order valence-corrected chi connectivity index (χ1v) is 11.6. The van der Waals surface area contributed by atoms with E-state index >= 15 is 0 Å². The molecule has 152 valence electrons. The number of sulfonamides is 1. The summed E-state index contributed by atoms with van der Waals surface area (Å²) in [7, 11) is -3.65. The average molecular weight is 483 g/mol. The van der Waals surface area contributed by atoms with Gasteiger partial charge in [-0.05, 0) is 66.1 Å². The van der Waals surface area contributed by atoms with Crippen molar-refractivity contribution in [2.24, 2.45) is 0 Å². The smallest absolute Gasteiger partial charge is 0.264 e. The number of fused-ring (bicyclic) bond motifs is 1.